The van der Waals surface area contributed by atoms with E-state index in [0.29, 0.717) is 15.4 Å². The van der Waals surface area contributed by atoms with Gasteiger partial charge < -0.3 is 9.84 Å². The Kier molecular flexibility index (Phi) is 3.29. The first-order valence-corrected chi connectivity index (χ1v) is 5.89. The van der Waals surface area contributed by atoms with E-state index in [0.717, 1.165) is 0 Å². The molecule has 2 rings (SSSR count). The fourth-order valence-corrected chi connectivity index (χ4v) is 2.48. The Morgan fingerprint density at radius 1 is 1.50 bits per heavy atom. The first-order chi connectivity index (χ1) is 8.52. The SMILES string of the molecule is COc1ccc(-c2sc(C)nc2C(=O)O)cc1F. The molecule has 2 aromatic rings. The zero-order valence-corrected chi connectivity index (χ0v) is 10.5. The zero-order valence-electron chi connectivity index (χ0n) is 9.73. The van der Waals surface area contributed by atoms with Crippen molar-refractivity contribution in [3.8, 4) is 16.2 Å². The van der Waals surface area contributed by atoms with Gasteiger partial charge in [0.05, 0.1) is 17.0 Å². The number of aromatic carboxylic acids is 1. The zero-order chi connectivity index (χ0) is 13.3. The van der Waals surface area contributed by atoms with Crippen LogP contribution < -0.4 is 4.74 Å². The van der Waals surface area contributed by atoms with Gasteiger partial charge in [0.2, 0.25) is 0 Å². The predicted molar refractivity (Wildman–Crippen MR) is 65.8 cm³/mol. The van der Waals surface area contributed by atoms with Crippen molar-refractivity contribution in [2.24, 2.45) is 0 Å². The number of carboxylic acids is 1. The van der Waals surface area contributed by atoms with Crippen molar-refractivity contribution >= 4 is 17.3 Å². The van der Waals surface area contributed by atoms with Crippen LogP contribution in [0.1, 0.15) is 15.5 Å². The van der Waals surface area contributed by atoms with Crippen molar-refractivity contribution in [1.82, 2.24) is 4.98 Å². The monoisotopic (exact) mass is 267 g/mol. The average molecular weight is 267 g/mol. The summed E-state index contributed by atoms with van der Waals surface area (Å²) in [5.41, 5.74) is 0.429. The Labute approximate surface area is 107 Å². The minimum atomic E-state index is -1.12. The largest absolute Gasteiger partial charge is 0.494 e. The van der Waals surface area contributed by atoms with Gasteiger partial charge in [-0.1, -0.05) is 0 Å². The summed E-state index contributed by atoms with van der Waals surface area (Å²) >= 11 is 1.22. The molecule has 18 heavy (non-hydrogen) atoms. The number of rotatable bonds is 3. The highest BCUT2D eigenvalue weighted by Gasteiger charge is 2.18. The highest BCUT2D eigenvalue weighted by atomic mass is 32.1. The first kappa shape index (κ1) is 12.5. The van der Waals surface area contributed by atoms with Gasteiger partial charge in [-0.3, -0.25) is 0 Å². The number of carbonyl (C=O) groups is 1. The summed E-state index contributed by atoms with van der Waals surface area (Å²) < 4.78 is 18.4. The lowest BCUT2D eigenvalue weighted by atomic mass is 10.1. The molecule has 0 atom stereocenters. The highest BCUT2D eigenvalue weighted by Crippen LogP contribution is 2.32. The molecule has 0 bridgehead atoms. The van der Waals surface area contributed by atoms with Crippen LogP contribution in [0, 0.1) is 12.7 Å². The molecule has 1 aromatic heterocycles. The van der Waals surface area contributed by atoms with Gasteiger partial charge in [-0.05, 0) is 30.7 Å². The van der Waals surface area contributed by atoms with Crippen molar-refractivity contribution in [3.63, 3.8) is 0 Å². The normalized spacial score (nSPS) is 10.4. The first-order valence-electron chi connectivity index (χ1n) is 5.07. The van der Waals surface area contributed by atoms with Crippen LogP contribution >= 0.6 is 11.3 Å². The van der Waals surface area contributed by atoms with Crippen molar-refractivity contribution in [2.45, 2.75) is 6.92 Å². The number of nitrogens with zero attached hydrogens (tertiary/aromatic N) is 1. The molecular weight excluding hydrogens is 257 g/mol. The van der Waals surface area contributed by atoms with Crippen LogP contribution in [0.3, 0.4) is 0 Å². The van der Waals surface area contributed by atoms with Gasteiger partial charge >= 0.3 is 5.97 Å². The Morgan fingerprint density at radius 3 is 2.78 bits per heavy atom. The van der Waals surface area contributed by atoms with Gasteiger partial charge in [-0.25, -0.2) is 14.2 Å². The van der Waals surface area contributed by atoms with Crippen molar-refractivity contribution < 1.29 is 19.0 Å². The molecule has 1 heterocycles. The third-order valence-electron chi connectivity index (χ3n) is 2.35. The second-order valence-electron chi connectivity index (χ2n) is 3.57. The maximum absolute atomic E-state index is 13.6. The molecule has 4 nitrogen and oxygen atoms in total. The molecule has 6 heteroatoms. The number of aryl methyl sites for hydroxylation is 1. The van der Waals surface area contributed by atoms with Crippen molar-refractivity contribution in [3.05, 3.63) is 34.7 Å². The molecule has 0 saturated heterocycles. The minimum Gasteiger partial charge on any atom is -0.494 e. The molecular formula is C12H10FNO3S. The molecule has 0 fully saturated rings. The van der Waals surface area contributed by atoms with Gasteiger partial charge in [0.15, 0.2) is 17.3 Å². The number of thiazole rings is 1. The summed E-state index contributed by atoms with van der Waals surface area (Å²) in [6, 6.07) is 4.32. The number of benzene rings is 1. The summed E-state index contributed by atoms with van der Waals surface area (Å²) in [5, 5.41) is 9.66. The molecule has 0 unspecified atom stereocenters. The van der Waals surface area contributed by atoms with E-state index in [1.54, 1.807) is 13.0 Å². The van der Waals surface area contributed by atoms with E-state index in [1.807, 2.05) is 0 Å². The smallest absolute Gasteiger partial charge is 0.356 e. The van der Waals surface area contributed by atoms with E-state index in [-0.39, 0.29) is 11.4 Å². The second kappa shape index (κ2) is 4.73. The van der Waals surface area contributed by atoms with E-state index in [4.69, 9.17) is 9.84 Å². The molecule has 0 amide bonds. The van der Waals surface area contributed by atoms with Gasteiger partial charge in [-0.2, -0.15) is 0 Å². The van der Waals surface area contributed by atoms with Crippen molar-refractivity contribution in [1.29, 1.82) is 0 Å². The Bertz CT molecular complexity index is 609. The summed E-state index contributed by atoms with van der Waals surface area (Å²) in [7, 11) is 1.37. The molecule has 1 aromatic carbocycles. The summed E-state index contributed by atoms with van der Waals surface area (Å²) in [4.78, 5) is 15.4. The Hall–Kier alpha value is -1.95. The summed E-state index contributed by atoms with van der Waals surface area (Å²) in [6.07, 6.45) is 0. The number of ether oxygens (including phenoxy) is 1. The molecule has 0 aliphatic rings. The van der Waals surface area contributed by atoms with Crippen molar-refractivity contribution in [2.75, 3.05) is 7.11 Å². The maximum atomic E-state index is 13.6. The standard InChI is InChI=1S/C12H10FNO3S/c1-6-14-10(12(15)16)11(18-6)7-3-4-9(17-2)8(13)5-7/h3-5H,1-2H3,(H,15,16). The van der Waals surface area contributed by atoms with Crippen LogP contribution in [0.2, 0.25) is 0 Å². The molecule has 1 N–H and O–H groups in total. The second-order valence-corrected chi connectivity index (χ2v) is 4.77. The fourth-order valence-electron chi connectivity index (χ4n) is 1.58. The van der Waals surface area contributed by atoms with Gasteiger partial charge in [0.1, 0.15) is 0 Å². The molecule has 0 aliphatic heterocycles. The Balaban J connectivity index is 2.55. The molecule has 94 valence electrons. The lowest BCUT2D eigenvalue weighted by Gasteiger charge is -2.04. The number of hydrogen-bond donors (Lipinski definition) is 1. The maximum Gasteiger partial charge on any atom is 0.356 e. The molecule has 0 saturated carbocycles. The van der Waals surface area contributed by atoms with E-state index in [9.17, 15) is 9.18 Å². The lowest BCUT2D eigenvalue weighted by Crippen LogP contribution is -1.99. The van der Waals surface area contributed by atoms with E-state index in [1.165, 1.54) is 30.6 Å². The molecule has 0 spiro atoms. The quantitative estimate of drug-likeness (QED) is 0.928. The number of aromatic nitrogens is 1. The third-order valence-corrected chi connectivity index (χ3v) is 3.37. The van der Waals surface area contributed by atoms with Crippen LogP contribution in [-0.4, -0.2) is 23.2 Å². The van der Waals surface area contributed by atoms with Gasteiger partial charge in [0.25, 0.3) is 0 Å². The minimum absolute atomic E-state index is 0.0536. The summed E-state index contributed by atoms with van der Waals surface area (Å²) in [6.45, 7) is 1.71. The van der Waals surface area contributed by atoms with Gasteiger partial charge in [-0.15, -0.1) is 11.3 Å². The van der Waals surface area contributed by atoms with E-state index in [2.05, 4.69) is 4.98 Å². The number of halogens is 1. The number of hydrogen-bond acceptors (Lipinski definition) is 4. The van der Waals surface area contributed by atoms with E-state index >= 15 is 0 Å². The topological polar surface area (TPSA) is 59.4 Å². The third kappa shape index (κ3) is 2.19. The Morgan fingerprint density at radius 2 is 2.22 bits per heavy atom. The lowest BCUT2D eigenvalue weighted by molar-refractivity contribution is 0.0692. The van der Waals surface area contributed by atoms with Gasteiger partial charge in [0, 0.05) is 0 Å². The van der Waals surface area contributed by atoms with Crippen LogP contribution in [-0.2, 0) is 0 Å². The van der Waals surface area contributed by atoms with E-state index < -0.39 is 11.8 Å². The number of carboxylic acid groups (broad SMARTS) is 1. The van der Waals surface area contributed by atoms with Crippen LogP contribution in [0.4, 0.5) is 4.39 Å². The average Bonchev–Trinajstić information content (AvgIpc) is 2.71. The van der Waals surface area contributed by atoms with Crippen LogP contribution in [0.5, 0.6) is 5.75 Å². The molecule has 0 radical (unpaired) electrons. The number of methoxy groups -OCH3 is 1. The molecule has 0 aliphatic carbocycles. The van der Waals surface area contributed by atoms with Crippen LogP contribution in [0.15, 0.2) is 18.2 Å². The fraction of sp³-hybridized carbons (Fsp3) is 0.167. The highest BCUT2D eigenvalue weighted by molar-refractivity contribution is 7.15. The van der Waals surface area contributed by atoms with Crippen LogP contribution in [0.25, 0.3) is 10.4 Å². The summed E-state index contributed by atoms with van der Waals surface area (Å²) in [5.74, 6) is -1.53. The predicted octanol–water partition coefficient (Wildman–Crippen LogP) is 2.96.